The zero-order chi connectivity index (χ0) is 22.7. The van der Waals surface area contributed by atoms with Gasteiger partial charge in [0.05, 0.1) is 31.1 Å². The van der Waals surface area contributed by atoms with E-state index in [4.69, 9.17) is 9.72 Å². The molecule has 2 saturated heterocycles. The molecule has 3 fully saturated rings. The molecule has 11 heteroatoms. The van der Waals surface area contributed by atoms with Gasteiger partial charge in [-0.15, -0.1) is 0 Å². The second kappa shape index (κ2) is 9.51. The zero-order valence-corrected chi connectivity index (χ0v) is 19.2. The van der Waals surface area contributed by atoms with Crippen molar-refractivity contribution in [2.75, 3.05) is 61.0 Å². The van der Waals surface area contributed by atoms with Crippen molar-refractivity contribution in [1.29, 1.82) is 0 Å². The maximum absolute atomic E-state index is 5.76. The Labute approximate surface area is 198 Å². The summed E-state index contributed by atoms with van der Waals surface area (Å²) in [5.41, 5.74) is 2.16. The van der Waals surface area contributed by atoms with Crippen LogP contribution in [0.15, 0.2) is 37.1 Å². The van der Waals surface area contributed by atoms with Crippen LogP contribution in [0.3, 0.4) is 0 Å². The van der Waals surface area contributed by atoms with Gasteiger partial charge >= 0.3 is 0 Å². The van der Waals surface area contributed by atoms with Crippen molar-refractivity contribution in [3.05, 3.63) is 42.6 Å². The second-order valence-corrected chi connectivity index (χ2v) is 9.08. The van der Waals surface area contributed by atoms with Gasteiger partial charge in [-0.2, -0.15) is 10.1 Å². The number of hydrogen-bond acceptors (Lipinski definition) is 10. The normalized spacial score (nSPS) is 21.0. The van der Waals surface area contributed by atoms with Crippen LogP contribution in [0.1, 0.15) is 24.3 Å². The summed E-state index contributed by atoms with van der Waals surface area (Å²) < 4.78 is 7.67. The van der Waals surface area contributed by atoms with Crippen LogP contribution in [0.2, 0.25) is 0 Å². The second-order valence-electron chi connectivity index (χ2n) is 9.08. The fourth-order valence-corrected chi connectivity index (χ4v) is 4.42. The molecular weight excluding hydrogens is 432 g/mol. The van der Waals surface area contributed by atoms with E-state index in [1.807, 2.05) is 35.5 Å². The SMILES string of the molecule is c1cc(Nc2cnn(CC3CNCCO3)c2)nc(N2CCN(c3ncc(C4CC4)cn3)CC2)n1. The Balaban J connectivity index is 1.04. The number of aromatic nitrogens is 6. The predicted octanol–water partition coefficient (Wildman–Crippen LogP) is 1.40. The molecule has 1 unspecified atom stereocenters. The average Bonchev–Trinajstić information content (AvgIpc) is 3.66. The number of ether oxygens (including phenoxy) is 1. The summed E-state index contributed by atoms with van der Waals surface area (Å²) in [5, 5.41) is 11.1. The molecule has 6 rings (SSSR count). The first kappa shape index (κ1) is 21.2. The molecule has 0 spiro atoms. The molecule has 0 amide bonds. The first-order chi connectivity index (χ1) is 16.8. The van der Waals surface area contributed by atoms with E-state index in [9.17, 15) is 0 Å². The minimum absolute atomic E-state index is 0.146. The van der Waals surface area contributed by atoms with E-state index in [0.29, 0.717) is 5.92 Å². The average molecular weight is 463 g/mol. The Hall–Kier alpha value is -3.31. The minimum atomic E-state index is 0.146. The van der Waals surface area contributed by atoms with Crippen LogP contribution in [-0.2, 0) is 11.3 Å². The van der Waals surface area contributed by atoms with Gasteiger partial charge < -0.3 is 25.2 Å². The van der Waals surface area contributed by atoms with Crippen molar-refractivity contribution in [3.63, 3.8) is 0 Å². The van der Waals surface area contributed by atoms with Crippen LogP contribution in [0.4, 0.5) is 23.4 Å². The molecule has 0 radical (unpaired) electrons. The molecule has 178 valence electrons. The maximum atomic E-state index is 5.76. The van der Waals surface area contributed by atoms with Gasteiger partial charge in [-0.05, 0) is 30.4 Å². The molecule has 3 aliphatic rings. The number of rotatable bonds is 7. The Morgan fingerprint density at radius 2 is 1.79 bits per heavy atom. The van der Waals surface area contributed by atoms with Crippen LogP contribution < -0.4 is 20.4 Å². The lowest BCUT2D eigenvalue weighted by Crippen LogP contribution is -2.47. The van der Waals surface area contributed by atoms with Gasteiger partial charge in [0.2, 0.25) is 11.9 Å². The van der Waals surface area contributed by atoms with Gasteiger partial charge in [0.15, 0.2) is 0 Å². The first-order valence-corrected chi connectivity index (χ1v) is 12.1. The largest absolute Gasteiger partial charge is 0.374 e. The third kappa shape index (κ3) is 4.95. The van der Waals surface area contributed by atoms with Gasteiger partial charge in [-0.1, -0.05) is 0 Å². The highest BCUT2D eigenvalue weighted by Gasteiger charge is 2.25. The number of hydrogen-bond donors (Lipinski definition) is 2. The maximum Gasteiger partial charge on any atom is 0.227 e. The van der Waals surface area contributed by atoms with Gasteiger partial charge in [0, 0.05) is 64.1 Å². The number of nitrogens with one attached hydrogen (secondary N) is 2. The quantitative estimate of drug-likeness (QED) is 0.535. The fourth-order valence-electron chi connectivity index (χ4n) is 4.42. The van der Waals surface area contributed by atoms with Gasteiger partial charge in [0.25, 0.3) is 0 Å². The highest BCUT2D eigenvalue weighted by molar-refractivity contribution is 5.55. The number of anilines is 4. The molecule has 34 heavy (non-hydrogen) atoms. The molecule has 2 N–H and O–H groups in total. The minimum Gasteiger partial charge on any atom is -0.374 e. The van der Waals surface area contributed by atoms with E-state index >= 15 is 0 Å². The number of piperazine rings is 1. The summed E-state index contributed by atoms with van der Waals surface area (Å²) in [6, 6.07) is 1.88. The van der Waals surface area contributed by atoms with Crippen LogP contribution in [-0.4, -0.2) is 81.7 Å². The molecule has 1 atom stereocenters. The lowest BCUT2D eigenvalue weighted by atomic mass is 10.2. The topological polar surface area (TPSA) is 109 Å². The Bertz CT molecular complexity index is 1090. The van der Waals surface area contributed by atoms with E-state index in [1.165, 1.54) is 18.4 Å². The van der Waals surface area contributed by atoms with Crippen molar-refractivity contribution in [3.8, 4) is 0 Å². The smallest absolute Gasteiger partial charge is 0.227 e. The summed E-state index contributed by atoms with van der Waals surface area (Å²) in [6.07, 6.45) is 12.3. The van der Waals surface area contributed by atoms with E-state index in [-0.39, 0.29) is 6.10 Å². The van der Waals surface area contributed by atoms with E-state index in [1.54, 1.807) is 6.20 Å². The Kier molecular flexibility index (Phi) is 5.94. The highest BCUT2D eigenvalue weighted by Crippen LogP contribution is 2.39. The van der Waals surface area contributed by atoms with Crippen LogP contribution >= 0.6 is 0 Å². The molecule has 1 aliphatic carbocycles. The van der Waals surface area contributed by atoms with E-state index < -0.39 is 0 Å². The van der Waals surface area contributed by atoms with Crippen molar-refractivity contribution >= 4 is 23.4 Å². The Morgan fingerprint density at radius 1 is 1.00 bits per heavy atom. The van der Waals surface area contributed by atoms with Gasteiger partial charge in [-0.25, -0.2) is 15.0 Å². The molecular formula is C23H30N10O. The molecule has 0 aromatic carbocycles. The van der Waals surface area contributed by atoms with Crippen molar-refractivity contribution in [2.24, 2.45) is 0 Å². The van der Waals surface area contributed by atoms with Crippen molar-refractivity contribution in [1.82, 2.24) is 35.0 Å². The van der Waals surface area contributed by atoms with E-state index in [0.717, 1.165) is 75.8 Å². The summed E-state index contributed by atoms with van der Waals surface area (Å²) in [5.74, 6) is 2.97. The van der Waals surface area contributed by atoms with Crippen molar-refractivity contribution in [2.45, 2.75) is 31.4 Å². The first-order valence-electron chi connectivity index (χ1n) is 12.1. The van der Waals surface area contributed by atoms with Crippen LogP contribution in [0.25, 0.3) is 0 Å². The summed E-state index contributed by atoms with van der Waals surface area (Å²) in [7, 11) is 0. The molecule has 3 aromatic heterocycles. The van der Waals surface area contributed by atoms with Crippen molar-refractivity contribution < 1.29 is 4.74 Å². The lowest BCUT2D eigenvalue weighted by molar-refractivity contribution is 0.0161. The molecule has 1 saturated carbocycles. The van der Waals surface area contributed by atoms with Gasteiger partial charge in [-0.3, -0.25) is 4.68 Å². The molecule has 11 nitrogen and oxygen atoms in total. The van der Waals surface area contributed by atoms with Crippen LogP contribution in [0.5, 0.6) is 0 Å². The van der Waals surface area contributed by atoms with Gasteiger partial charge in [0.1, 0.15) is 5.82 Å². The standard InChI is InChI=1S/C23H30N10O/c1-2-17(1)18-11-26-22(27-12-18)31-6-8-32(9-7-31)23-25-4-3-21(30-23)29-19-13-28-33(15-19)16-20-14-24-5-10-34-20/h3-4,11-13,15,17,20,24H,1-2,5-10,14,16H2,(H,25,29,30). The third-order valence-electron chi connectivity index (χ3n) is 6.50. The highest BCUT2D eigenvalue weighted by atomic mass is 16.5. The summed E-state index contributed by atoms with van der Waals surface area (Å²) >= 11 is 0. The Morgan fingerprint density at radius 3 is 2.53 bits per heavy atom. The molecule has 0 bridgehead atoms. The monoisotopic (exact) mass is 462 g/mol. The predicted molar refractivity (Wildman–Crippen MR) is 129 cm³/mol. The fraction of sp³-hybridized carbons (Fsp3) is 0.522. The number of nitrogens with zero attached hydrogens (tertiary/aromatic N) is 8. The zero-order valence-electron chi connectivity index (χ0n) is 19.2. The summed E-state index contributed by atoms with van der Waals surface area (Å²) in [4.78, 5) is 22.9. The third-order valence-corrected chi connectivity index (χ3v) is 6.50. The number of morpholine rings is 1. The van der Waals surface area contributed by atoms with Crippen LogP contribution in [0, 0.1) is 0 Å². The van der Waals surface area contributed by atoms with E-state index in [2.05, 4.69) is 40.5 Å². The molecule has 5 heterocycles. The molecule has 2 aliphatic heterocycles. The lowest BCUT2D eigenvalue weighted by Gasteiger charge is -2.34. The molecule has 3 aromatic rings. The summed E-state index contributed by atoms with van der Waals surface area (Å²) in [6.45, 7) is 6.56.